The summed E-state index contributed by atoms with van der Waals surface area (Å²) in [5.74, 6) is -0.499. The average molecular weight is 411 g/mol. The van der Waals surface area contributed by atoms with Gasteiger partial charge in [-0.1, -0.05) is 0 Å². The Morgan fingerprint density at radius 1 is 1.14 bits per heavy atom. The number of rotatable bonds is 5. The molecule has 1 saturated heterocycles. The zero-order valence-corrected chi connectivity index (χ0v) is 16.1. The molecule has 1 aromatic carbocycles. The van der Waals surface area contributed by atoms with Crippen LogP contribution >= 0.6 is 0 Å². The first-order valence-electron chi connectivity index (χ1n) is 8.71. The number of hydrogen-bond acceptors (Lipinski definition) is 7. The van der Waals surface area contributed by atoms with Gasteiger partial charge in [0.05, 0.1) is 18.1 Å². The first kappa shape index (κ1) is 19.9. The maximum absolute atomic E-state index is 12.3. The highest BCUT2D eigenvalue weighted by Crippen LogP contribution is 2.32. The van der Waals surface area contributed by atoms with Crippen LogP contribution in [0.15, 0.2) is 18.2 Å². The Hall–Kier alpha value is -2.82. The largest absolute Gasteiger partial charge is 0.454 e. The van der Waals surface area contributed by atoms with Crippen LogP contribution in [-0.2, 0) is 19.4 Å². The van der Waals surface area contributed by atoms with Crippen molar-refractivity contribution in [2.24, 2.45) is 0 Å². The lowest BCUT2D eigenvalue weighted by atomic mass is 10.2. The van der Waals surface area contributed by atoms with Crippen LogP contribution in [-0.4, -0.2) is 75.0 Å². The standard InChI is InChI=1S/C17H21N3O7S/c1-11(17(23)20-4-6-28(24,25)7-5-20)19-15(21)9-18-16(22)12-2-3-13-14(8-12)27-10-26-13/h2-3,8,11H,4-7,9-10H2,1H3,(H,18,22)(H,19,21). The van der Waals surface area contributed by atoms with Crippen LogP contribution < -0.4 is 20.1 Å². The SMILES string of the molecule is CC(NC(=O)CNC(=O)c1ccc2c(c1)OCO2)C(=O)N1CCS(=O)(=O)CC1. The van der Waals surface area contributed by atoms with E-state index in [-0.39, 0.29) is 43.8 Å². The molecule has 0 aromatic heterocycles. The minimum absolute atomic E-state index is 0.0784. The van der Waals surface area contributed by atoms with Gasteiger partial charge in [0.1, 0.15) is 6.04 Å². The second kappa shape index (κ2) is 8.05. The molecule has 2 aliphatic rings. The van der Waals surface area contributed by atoms with Crippen LogP contribution in [0.1, 0.15) is 17.3 Å². The Kier molecular flexibility index (Phi) is 5.73. The quantitative estimate of drug-likeness (QED) is 0.629. The molecule has 0 spiro atoms. The van der Waals surface area contributed by atoms with Crippen molar-refractivity contribution in [2.75, 3.05) is 37.9 Å². The van der Waals surface area contributed by atoms with Crippen LogP contribution in [0.25, 0.3) is 0 Å². The van der Waals surface area contributed by atoms with Crippen LogP contribution in [0.5, 0.6) is 11.5 Å². The van der Waals surface area contributed by atoms with Gasteiger partial charge in [0.25, 0.3) is 5.91 Å². The molecule has 1 atom stereocenters. The molecule has 0 radical (unpaired) electrons. The van der Waals surface area contributed by atoms with Gasteiger partial charge in [-0.2, -0.15) is 0 Å². The third-order valence-electron chi connectivity index (χ3n) is 4.45. The van der Waals surface area contributed by atoms with E-state index in [0.29, 0.717) is 17.1 Å². The van der Waals surface area contributed by atoms with E-state index >= 15 is 0 Å². The van der Waals surface area contributed by atoms with E-state index in [9.17, 15) is 22.8 Å². The van der Waals surface area contributed by atoms with Crippen molar-refractivity contribution in [1.29, 1.82) is 0 Å². The minimum atomic E-state index is -3.09. The number of fused-ring (bicyclic) bond motifs is 1. The molecule has 1 unspecified atom stereocenters. The number of ether oxygens (including phenoxy) is 2. The van der Waals surface area contributed by atoms with E-state index in [1.54, 1.807) is 12.1 Å². The number of amides is 3. The maximum atomic E-state index is 12.3. The van der Waals surface area contributed by atoms with Gasteiger partial charge in [-0.15, -0.1) is 0 Å². The molecule has 3 rings (SSSR count). The Bertz CT molecular complexity index is 886. The monoisotopic (exact) mass is 411 g/mol. The fourth-order valence-corrected chi connectivity index (χ4v) is 4.06. The minimum Gasteiger partial charge on any atom is -0.454 e. The molecule has 1 aromatic rings. The lowest BCUT2D eigenvalue weighted by Crippen LogP contribution is -2.52. The summed E-state index contributed by atoms with van der Waals surface area (Å²) in [6.07, 6.45) is 0. The number of benzene rings is 1. The molecule has 28 heavy (non-hydrogen) atoms. The number of nitrogens with one attached hydrogen (secondary N) is 2. The molecule has 0 aliphatic carbocycles. The van der Waals surface area contributed by atoms with Crippen LogP contribution in [0.4, 0.5) is 0 Å². The predicted molar refractivity (Wildman–Crippen MR) is 97.7 cm³/mol. The summed E-state index contributed by atoms with van der Waals surface area (Å²) in [5, 5.41) is 4.98. The molecule has 1 fully saturated rings. The summed E-state index contributed by atoms with van der Waals surface area (Å²) >= 11 is 0. The van der Waals surface area contributed by atoms with E-state index < -0.39 is 27.7 Å². The van der Waals surface area contributed by atoms with Crippen molar-refractivity contribution in [2.45, 2.75) is 13.0 Å². The molecular formula is C17H21N3O7S. The fraction of sp³-hybridized carbons (Fsp3) is 0.471. The van der Waals surface area contributed by atoms with Crippen LogP contribution in [0, 0.1) is 0 Å². The number of sulfone groups is 1. The third kappa shape index (κ3) is 4.71. The van der Waals surface area contributed by atoms with Crippen molar-refractivity contribution in [3.8, 4) is 11.5 Å². The van der Waals surface area contributed by atoms with Gasteiger partial charge in [-0.3, -0.25) is 14.4 Å². The third-order valence-corrected chi connectivity index (χ3v) is 6.06. The summed E-state index contributed by atoms with van der Waals surface area (Å²) in [4.78, 5) is 37.9. The van der Waals surface area contributed by atoms with Crippen molar-refractivity contribution >= 4 is 27.6 Å². The number of nitrogens with zero attached hydrogens (tertiary/aromatic N) is 1. The number of hydrogen-bond donors (Lipinski definition) is 2. The van der Waals surface area contributed by atoms with Crippen LogP contribution in [0.2, 0.25) is 0 Å². The first-order valence-corrected chi connectivity index (χ1v) is 10.5. The van der Waals surface area contributed by atoms with Gasteiger partial charge < -0.3 is 25.0 Å². The number of carbonyl (C=O) groups is 3. The Morgan fingerprint density at radius 2 is 1.82 bits per heavy atom. The van der Waals surface area contributed by atoms with E-state index in [0.717, 1.165) is 0 Å². The molecule has 2 heterocycles. The lowest BCUT2D eigenvalue weighted by Gasteiger charge is -2.29. The zero-order valence-electron chi connectivity index (χ0n) is 15.3. The van der Waals surface area contributed by atoms with E-state index in [4.69, 9.17) is 9.47 Å². The molecule has 11 heteroatoms. The highest BCUT2D eigenvalue weighted by Gasteiger charge is 2.28. The summed E-state index contributed by atoms with van der Waals surface area (Å²) in [6, 6.07) is 3.86. The predicted octanol–water partition coefficient (Wildman–Crippen LogP) is -1.09. The van der Waals surface area contributed by atoms with E-state index in [1.807, 2.05) is 0 Å². The van der Waals surface area contributed by atoms with E-state index in [2.05, 4.69) is 10.6 Å². The van der Waals surface area contributed by atoms with Crippen molar-refractivity contribution < 1.29 is 32.3 Å². The second-order valence-electron chi connectivity index (χ2n) is 6.52. The second-order valence-corrected chi connectivity index (χ2v) is 8.82. The normalized spacial score (nSPS) is 18.2. The Morgan fingerprint density at radius 3 is 2.54 bits per heavy atom. The highest BCUT2D eigenvalue weighted by molar-refractivity contribution is 7.91. The summed E-state index contributed by atoms with van der Waals surface area (Å²) < 4.78 is 33.2. The molecule has 10 nitrogen and oxygen atoms in total. The van der Waals surface area contributed by atoms with Gasteiger partial charge in [0, 0.05) is 18.7 Å². The smallest absolute Gasteiger partial charge is 0.251 e. The van der Waals surface area contributed by atoms with Gasteiger partial charge in [0.2, 0.25) is 18.6 Å². The molecular weight excluding hydrogens is 390 g/mol. The lowest BCUT2D eigenvalue weighted by molar-refractivity contribution is -0.135. The number of carbonyl (C=O) groups excluding carboxylic acids is 3. The molecule has 3 amide bonds. The summed E-state index contributed by atoms with van der Waals surface area (Å²) in [7, 11) is -3.09. The highest BCUT2D eigenvalue weighted by atomic mass is 32.2. The van der Waals surface area contributed by atoms with Crippen molar-refractivity contribution in [3.05, 3.63) is 23.8 Å². The molecule has 0 saturated carbocycles. The van der Waals surface area contributed by atoms with Gasteiger partial charge >= 0.3 is 0 Å². The first-order chi connectivity index (χ1) is 13.2. The zero-order chi connectivity index (χ0) is 20.3. The van der Waals surface area contributed by atoms with Gasteiger partial charge in [0.15, 0.2) is 21.3 Å². The van der Waals surface area contributed by atoms with Crippen molar-refractivity contribution in [3.63, 3.8) is 0 Å². The molecule has 152 valence electrons. The average Bonchev–Trinajstić information content (AvgIpc) is 3.13. The van der Waals surface area contributed by atoms with E-state index in [1.165, 1.54) is 17.9 Å². The van der Waals surface area contributed by atoms with Crippen molar-refractivity contribution in [1.82, 2.24) is 15.5 Å². The summed E-state index contributed by atoms with van der Waals surface area (Å²) in [5.41, 5.74) is 0.315. The Balaban J connectivity index is 1.46. The molecule has 2 N–H and O–H groups in total. The topological polar surface area (TPSA) is 131 Å². The maximum Gasteiger partial charge on any atom is 0.251 e. The van der Waals surface area contributed by atoms with Crippen LogP contribution in [0.3, 0.4) is 0 Å². The summed E-state index contributed by atoms with van der Waals surface area (Å²) in [6.45, 7) is 1.53. The molecule has 0 bridgehead atoms. The molecule has 2 aliphatic heterocycles. The van der Waals surface area contributed by atoms with Gasteiger partial charge in [-0.25, -0.2) is 8.42 Å². The Labute approximate surface area is 162 Å². The van der Waals surface area contributed by atoms with Gasteiger partial charge in [-0.05, 0) is 25.1 Å². The fourth-order valence-electron chi connectivity index (χ4n) is 2.86.